The average Bonchev–Trinajstić information content (AvgIpc) is 2.94. The lowest BCUT2D eigenvalue weighted by molar-refractivity contribution is 0.339. The second kappa shape index (κ2) is 6.94. The number of aryl methyl sites for hydroxylation is 2. The first-order valence-corrected chi connectivity index (χ1v) is 9.74. The van der Waals surface area contributed by atoms with Crippen LogP contribution in [-0.4, -0.2) is 31.1 Å². The molecule has 0 saturated carbocycles. The minimum atomic E-state index is -3.56. The molecule has 1 N–H and O–H groups in total. The van der Waals surface area contributed by atoms with Crippen LogP contribution >= 0.6 is 0 Å². The largest absolute Gasteiger partial charge is 0.494 e. The van der Waals surface area contributed by atoms with Crippen LogP contribution in [0.1, 0.15) is 37.2 Å². The fourth-order valence-corrected chi connectivity index (χ4v) is 4.21. The molecule has 0 saturated heterocycles. The van der Waals surface area contributed by atoms with Gasteiger partial charge in [0.05, 0.1) is 17.2 Å². The maximum atomic E-state index is 12.6. The Bertz CT molecular complexity index is 814. The van der Waals surface area contributed by atoms with E-state index in [0.717, 1.165) is 30.9 Å². The summed E-state index contributed by atoms with van der Waals surface area (Å²) in [6.45, 7) is 5.65. The number of benzene rings is 1. The van der Waals surface area contributed by atoms with E-state index in [0.29, 0.717) is 18.9 Å². The van der Waals surface area contributed by atoms with Gasteiger partial charge in [-0.3, -0.25) is 0 Å². The molecule has 7 heteroatoms. The summed E-state index contributed by atoms with van der Waals surface area (Å²) in [5, 5.41) is 0. The molecule has 0 bridgehead atoms. The number of aromatic nitrogens is 2. The van der Waals surface area contributed by atoms with Crippen molar-refractivity contribution < 1.29 is 13.2 Å². The third-order valence-corrected chi connectivity index (χ3v) is 5.61. The monoisotopic (exact) mass is 349 g/mol. The predicted octanol–water partition coefficient (Wildman–Crippen LogP) is 2.45. The zero-order valence-corrected chi connectivity index (χ0v) is 14.8. The van der Waals surface area contributed by atoms with Crippen LogP contribution in [0.5, 0.6) is 5.75 Å². The standard InChI is InChI=1S/C17H23N3O3S/c1-3-23-15-7-4-8-16(10-15)24(21,22)18-11-14-6-5-9-20-12-13(2)19-17(14)20/h4,7-8,10,12,14,18H,3,5-6,9,11H2,1-2H3/t14-/m1/s1. The van der Waals surface area contributed by atoms with Crippen molar-refractivity contribution in [2.75, 3.05) is 13.2 Å². The number of nitrogens with zero attached hydrogens (tertiary/aromatic N) is 2. The molecular weight excluding hydrogens is 326 g/mol. The van der Waals surface area contributed by atoms with Gasteiger partial charge >= 0.3 is 0 Å². The van der Waals surface area contributed by atoms with Gasteiger partial charge in [0.25, 0.3) is 0 Å². The number of imidazole rings is 1. The minimum absolute atomic E-state index is 0.109. The van der Waals surface area contributed by atoms with E-state index in [1.165, 1.54) is 0 Å². The molecule has 1 aliphatic rings. The second-order valence-electron chi connectivity index (χ2n) is 6.03. The molecule has 3 rings (SSSR count). The molecule has 1 aliphatic heterocycles. The fraction of sp³-hybridized carbons (Fsp3) is 0.471. The maximum absolute atomic E-state index is 12.6. The Hall–Kier alpha value is -1.86. The molecule has 0 unspecified atom stereocenters. The maximum Gasteiger partial charge on any atom is 0.240 e. The summed E-state index contributed by atoms with van der Waals surface area (Å²) in [6.07, 6.45) is 4.01. The third-order valence-electron chi connectivity index (χ3n) is 4.19. The van der Waals surface area contributed by atoms with Crippen molar-refractivity contribution in [2.24, 2.45) is 0 Å². The van der Waals surface area contributed by atoms with E-state index in [9.17, 15) is 8.42 Å². The highest BCUT2D eigenvalue weighted by Crippen LogP contribution is 2.26. The van der Waals surface area contributed by atoms with E-state index in [-0.39, 0.29) is 10.8 Å². The Labute approximate surface area is 142 Å². The van der Waals surface area contributed by atoms with E-state index in [4.69, 9.17) is 4.74 Å². The Morgan fingerprint density at radius 2 is 2.25 bits per heavy atom. The first kappa shape index (κ1) is 17.0. The van der Waals surface area contributed by atoms with Crippen molar-refractivity contribution in [1.82, 2.24) is 14.3 Å². The Balaban J connectivity index is 1.73. The Morgan fingerprint density at radius 3 is 3.04 bits per heavy atom. The number of hydrogen-bond acceptors (Lipinski definition) is 4. The van der Waals surface area contributed by atoms with Gasteiger partial charge in [-0.2, -0.15) is 0 Å². The normalized spacial score (nSPS) is 17.5. The number of hydrogen-bond donors (Lipinski definition) is 1. The molecule has 0 fully saturated rings. The Kier molecular flexibility index (Phi) is 4.91. The highest BCUT2D eigenvalue weighted by atomic mass is 32.2. The Morgan fingerprint density at radius 1 is 1.42 bits per heavy atom. The van der Waals surface area contributed by atoms with Crippen LogP contribution in [-0.2, 0) is 16.6 Å². The lowest BCUT2D eigenvalue weighted by Crippen LogP contribution is -2.31. The van der Waals surface area contributed by atoms with Gasteiger partial charge < -0.3 is 9.30 Å². The first-order chi connectivity index (χ1) is 11.5. The fourth-order valence-electron chi connectivity index (χ4n) is 3.09. The lowest BCUT2D eigenvalue weighted by atomic mass is 9.99. The summed E-state index contributed by atoms with van der Waals surface area (Å²) in [6, 6.07) is 6.58. The van der Waals surface area contributed by atoms with Gasteiger partial charge in [0.15, 0.2) is 0 Å². The molecule has 2 heterocycles. The van der Waals surface area contributed by atoms with Crippen LogP contribution in [0.2, 0.25) is 0 Å². The van der Waals surface area contributed by atoms with Crippen molar-refractivity contribution >= 4 is 10.0 Å². The van der Waals surface area contributed by atoms with E-state index < -0.39 is 10.0 Å². The van der Waals surface area contributed by atoms with Crippen LogP contribution in [0.3, 0.4) is 0 Å². The average molecular weight is 349 g/mol. The molecule has 24 heavy (non-hydrogen) atoms. The van der Waals surface area contributed by atoms with Crippen LogP contribution in [0.4, 0.5) is 0 Å². The van der Waals surface area contributed by atoms with E-state index >= 15 is 0 Å². The van der Waals surface area contributed by atoms with Gasteiger partial charge in [0.2, 0.25) is 10.0 Å². The quantitative estimate of drug-likeness (QED) is 0.869. The molecule has 0 radical (unpaired) electrons. The lowest BCUT2D eigenvalue weighted by Gasteiger charge is -2.23. The molecule has 1 atom stereocenters. The summed E-state index contributed by atoms with van der Waals surface area (Å²) in [7, 11) is -3.56. The van der Waals surface area contributed by atoms with Gasteiger partial charge in [-0.05, 0) is 38.8 Å². The highest BCUT2D eigenvalue weighted by molar-refractivity contribution is 7.89. The SMILES string of the molecule is CCOc1cccc(S(=O)(=O)NC[C@H]2CCCn3cc(C)nc32)c1. The summed E-state index contributed by atoms with van der Waals surface area (Å²) < 4.78 is 35.3. The zero-order valence-electron chi connectivity index (χ0n) is 14.0. The van der Waals surface area contributed by atoms with Crippen molar-refractivity contribution in [1.29, 1.82) is 0 Å². The molecule has 0 aliphatic carbocycles. The minimum Gasteiger partial charge on any atom is -0.494 e. The van der Waals surface area contributed by atoms with Crippen molar-refractivity contribution in [3.8, 4) is 5.75 Å². The smallest absolute Gasteiger partial charge is 0.240 e. The summed E-state index contributed by atoms with van der Waals surface area (Å²) in [5.41, 5.74) is 0.976. The number of ether oxygens (including phenoxy) is 1. The number of rotatable bonds is 6. The summed E-state index contributed by atoms with van der Waals surface area (Å²) in [4.78, 5) is 4.78. The predicted molar refractivity (Wildman–Crippen MR) is 91.7 cm³/mol. The summed E-state index contributed by atoms with van der Waals surface area (Å²) in [5.74, 6) is 1.64. The topological polar surface area (TPSA) is 73.2 Å². The number of fused-ring (bicyclic) bond motifs is 1. The number of nitrogens with one attached hydrogen (secondary N) is 1. The first-order valence-electron chi connectivity index (χ1n) is 8.26. The van der Waals surface area contributed by atoms with Crippen molar-refractivity contribution in [3.05, 3.63) is 42.0 Å². The van der Waals surface area contributed by atoms with Gasteiger partial charge in [0, 0.05) is 31.3 Å². The van der Waals surface area contributed by atoms with E-state index in [2.05, 4.69) is 14.3 Å². The van der Waals surface area contributed by atoms with Gasteiger partial charge in [-0.1, -0.05) is 6.07 Å². The molecule has 0 spiro atoms. The third kappa shape index (κ3) is 3.62. The zero-order chi connectivity index (χ0) is 17.2. The van der Waals surface area contributed by atoms with Crippen molar-refractivity contribution in [3.63, 3.8) is 0 Å². The molecule has 2 aromatic rings. The molecule has 130 valence electrons. The summed E-state index contributed by atoms with van der Waals surface area (Å²) >= 11 is 0. The van der Waals surface area contributed by atoms with E-state index in [1.807, 2.05) is 20.0 Å². The second-order valence-corrected chi connectivity index (χ2v) is 7.80. The van der Waals surface area contributed by atoms with E-state index in [1.54, 1.807) is 24.3 Å². The molecular formula is C17H23N3O3S. The van der Waals surface area contributed by atoms with Crippen LogP contribution in [0.15, 0.2) is 35.4 Å². The number of sulfonamides is 1. The van der Waals surface area contributed by atoms with Gasteiger partial charge in [0.1, 0.15) is 11.6 Å². The van der Waals surface area contributed by atoms with Crippen LogP contribution < -0.4 is 9.46 Å². The highest BCUT2D eigenvalue weighted by Gasteiger charge is 2.24. The molecule has 1 aromatic carbocycles. The van der Waals surface area contributed by atoms with Gasteiger partial charge in [-0.25, -0.2) is 18.1 Å². The molecule has 6 nitrogen and oxygen atoms in total. The molecule has 0 amide bonds. The van der Waals surface area contributed by atoms with Gasteiger partial charge in [-0.15, -0.1) is 0 Å². The van der Waals surface area contributed by atoms with Crippen LogP contribution in [0.25, 0.3) is 0 Å². The van der Waals surface area contributed by atoms with Crippen LogP contribution in [0, 0.1) is 6.92 Å². The molecule has 1 aromatic heterocycles. The van der Waals surface area contributed by atoms with Crippen molar-refractivity contribution in [2.45, 2.75) is 44.0 Å².